The second kappa shape index (κ2) is 13.6. The van der Waals surface area contributed by atoms with Crippen LogP contribution in [0.25, 0.3) is 0 Å². The largest absolute Gasteiger partial charge is 0.335 e. The van der Waals surface area contributed by atoms with Crippen molar-refractivity contribution in [3.8, 4) is 0 Å². The van der Waals surface area contributed by atoms with Crippen LogP contribution in [0.1, 0.15) is 56.5 Å². The molecule has 2 aromatic carbocycles. The van der Waals surface area contributed by atoms with Gasteiger partial charge in [0.15, 0.2) is 7.28 Å². The second-order valence-corrected chi connectivity index (χ2v) is 7.92. The number of hydrogen-bond donors (Lipinski definition) is 0. The minimum atomic E-state index is 0.537. The molecule has 3 heteroatoms. The Morgan fingerprint density at radius 1 is 1.00 bits per heavy atom. The highest BCUT2D eigenvalue weighted by molar-refractivity contribution is 6.53. The zero-order valence-corrected chi connectivity index (χ0v) is 19.1. The van der Waals surface area contributed by atoms with E-state index in [9.17, 15) is 0 Å². The maximum absolute atomic E-state index is 4.25. The van der Waals surface area contributed by atoms with Gasteiger partial charge in [0.1, 0.15) is 5.82 Å². The molecule has 0 aliphatic carbocycles. The van der Waals surface area contributed by atoms with Gasteiger partial charge >= 0.3 is 0 Å². The van der Waals surface area contributed by atoms with Crippen molar-refractivity contribution in [1.82, 2.24) is 9.55 Å². The van der Waals surface area contributed by atoms with Gasteiger partial charge in [-0.2, -0.15) is 0 Å². The minimum Gasteiger partial charge on any atom is -0.335 e. The van der Waals surface area contributed by atoms with E-state index in [2.05, 4.69) is 111 Å². The van der Waals surface area contributed by atoms with E-state index in [1.165, 1.54) is 22.4 Å². The molecule has 0 atom stereocenters. The van der Waals surface area contributed by atoms with Crippen LogP contribution in [0.5, 0.6) is 0 Å². The highest BCUT2D eigenvalue weighted by Crippen LogP contribution is 2.10. The Labute approximate surface area is 184 Å². The molecule has 1 aromatic heterocycles. The third-order valence-electron chi connectivity index (χ3n) is 4.97. The van der Waals surface area contributed by atoms with Gasteiger partial charge in [0.25, 0.3) is 0 Å². The van der Waals surface area contributed by atoms with Crippen LogP contribution in [-0.4, -0.2) is 16.8 Å². The molecule has 157 valence electrons. The molecule has 0 saturated heterocycles. The molecule has 2 nitrogen and oxygen atoms in total. The van der Waals surface area contributed by atoms with E-state index in [-0.39, 0.29) is 0 Å². The Balaban J connectivity index is 0.000000269. The number of allylic oxidation sites excluding steroid dienone is 2. The lowest BCUT2D eigenvalue weighted by Crippen LogP contribution is -2.11. The molecular weight excluding hydrogens is 363 g/mol. The van der Waals surface area contributed by atoms with E-state index in [1.807, 2.05) is 12.4 Å². The average Bonchev–Trinajstić information content (AvgIpc) is 3.24. The Morgan fingerprint density at radius 3 is 2.43 bits per heavy atom. The predicted octanol–water partition coefficient (Wildman–Crippen LogP) is 6.35. The van der Waals surface area contributed by atoms with Crippen LogP contribution in [0.2, 0.25) is 6.32 Å². The van der Waals surface area contributed by atoms with Crippen molar-refractivity contribution in [3.05, 3.63) is 96.1 Å². The van der Waals surface area contributed by atoms with Gasteiger partial charge in [-0.15, -0.1) is 0 Å². The number of nitrogens with zero attached hydrogens (tertiary/aromatic N) is 2. The minimum absolute atomic E-state index is 0.537. The van der Waals surface area contributed by atoms with E-state index >= 15 is 0 Å². The van der Waals surface area contributed by atoms with Crippen molar-refractivity contribution in [1.29, 1.82) is 0 Å². The van der Waals surface area contributed by atoms with Crippen molar-refractivity contribution in [2.75, 3.05) is 0 Å². The first kappa shape index (κ1) is 23.7. The van der Waals surface area contributed by atoms with Crippen LogP contribution in [0.15, 0.2) is 79.1 Å². The molecule has 0 amide bonds. The third-order valence-corrected chi connectivity index (χ3v) is 4.97. The van der Waals surface area contributed by atoms with Crippen LogP contribution in [0.3, 0.4) is 0 Å². The molecule has 30 heavy (non-hydrogen) atoms. The lowest BCUT2D eigenvalue weighted by Gasteiger charge is -2.06. The van der Waals surface area contributed by atoms with Crippen LogP contribution >= 0.6 is 0 Å². The summed E-state index contributed by atoms with van der Waals surface area (Å²) in [5.41, 5.74) is 4.11. The van der Waals surface area contributed by atoms with Gasteiger partial charge in [-0.25, -0.2) is 4.98 Å². The number of rotatable bonds is 9. The molecule has 0 bridgehead atoms. The van der Waals surface area contributed by atoms with E-state index in [0.29, 0.717) is 5.92 Å². The maximum Gasteiger partial charge on any atom is 0.151 e. The fourth-order valence-electron chi connectivity index (χ4n) is 3.38. The van der Waals surface area contributed by atoms with Crippen LogP contribution in [0.4, 0.5) is 0 Å². The molecular formula is C27H36BN2. The van der Waals surface area contributed by atoms with E-state index in [0.717, 1.165) is 32.1 Å². The highest BCUT2D eigenvalue weighted by Gasteiger charge is 2.03. The first-order valence-electron chi connectivity index (χ1n) is 11.2. The van der Waals surface area contributed by atoms with Gasteiger partial charge in [-0.05, 0) is 38.7 Å². The molecule has 0 N–H and O–H groups in total. The molecule has 0 aliphatic heterocycles. The van der Waals surface area contributed by atoms with Crippen molar-refractivity contribution in [2.45, 2.75) is 65.7 Å². The van der Waals surface area contributed by atoms with Crippen molar-refractivity contribution < 1.29 is 0 Å². The summed E-state index contributed by atoms with van der Waals surface area (Å²) in [5, 5.41) is 0. The highest BCUT2D eigenvalue weighted by atomic mass is 15.1. The Hall–Kier alpha value is -2.55. The quantitative estimate of drug-likeness (QED) is 0.233. The smallest absolute Gasteiger partial charge is 0.151 e. The number of benzene rings is 2. The van der Waals surface area contributed by atoms with Gasteiger partial charge in [0.2, 0.25) is 0 Å². The molecule has 3 aromatic rings. The van der Waals surface area contributed by atoms with Gasteiger partial charge < -0.3 is 4.57 Å². The third kappa shape index (κ3) is 8.86. The fourth-order valence-corrected chi connectivity index (χ4v) is 3.38. The number of aryl methyl sites for hydroxylation is 3. The molecule has 0 spiro atoms. The zero-order chi connectivity index (χ0) is 21.6. The van der Waals surface area contributed by atoms with Crippen molar-refractivity contribution in [3.63, 3.8) is 0 Å². The monoisotopic (exact) mass is 399 g/mol. The van der Waals surface area contributed by atoms with Gasteiger partial charge in [0, 0.05) is 24.9 Å². The molecule has 3 rings (SSSR count). The standard InChI is InChI=1S/C19H22B.C8H14N2/c1-17-10-9-12-18(16-17)11-5-2-3-8-15-20-19-13-6-4-7-14-19;1-4-10-6-5-9-8(10)7(2)3/h2-4,6-7,9-10,12-14,16H,5,8,11,15H2,1H3;5-7H,4H2,1-3H3. The summed E-state index contributed by atoms with van der Waals surface area (Å²) in [4.78, 5) is 4.25. The topological polar surface area (TPSA) is 17.8 Å². The van der Waals surface area contributed by atoms with E-state index in [1.54, 1.807) is 0 Å². The van der Waals surface area contributed by atoms with Gasteiger partial charge in [0.05, 0.1) is 0 Å². The summed E-state index contributed by atoms with van der Waals surface area (Å²) in [6, 6.07) is 19.3. The van der Waals surface area contributed by atoms with Crippen molar-refractivity contribution in [2.24, 2.45) is 0 Å². The van der Waals surface area contributed by atoms with Crippen LogP contribution in [-0.2, 0) is 13.0 Å². The molecule has 0 fully saturated rings. The molecule has 0 aliphatic rings. The van der Waals surface area contributed by atoms with Crippen LogP contribution < -0.4 is 5.46 Å². The molecule has 1 radical (unpaired) electrons. The van der Waals surface area contributed by atoms with E-state index in [4.69, 9.17) is 0 Å². The maximum atomic E-state index is 4.25. The van der Waals surface area contributed by atoms with Gasteiger partial charge in [-0.3, -0.25) is 0 Å². The van der Waals surface area contributed by atoms with Crippen LogP contribution in [0, 0.1) is 6.92 Å². The fraction of sp³-hybridized carbons (Fsp3) is 0.370. The Bertz CT molecular complexity index is 865. The normalized spacial score (nSPS) is 10.8. The van der Waals surface area contributed by atoms with E-state index < -0.39 is 0 Å². The molecule has 1 heterocycles. The summed E-state index contributed by atoms with van der Waals surface area (Å²) >= 11 is 0. The van der Waals surface area contributed by atoms with Crippen molar-refractivity contribution >= 4 is 12.7 Å². The first-order valence-corrected chi connectivity index (χ1v) is 11.2. The lowest BCUT2D eigenvalue weighted by molar-refractivity contribution is 0.652. The summed E-state index contributed by atoms with van der Waals surface area (Å²) in [6.45, 7) is 9.63. The Kier molecular flexibility index (Phi) is 10.8. The Morgan fingerprint density at radius 2 is 1.77 bits per heavy atom. The summed E-state index contributed by atoms with van der Waals surface area (Å²) in [6.07, 6.45) is 13.0. The summed E-state index contributed by atoms with van der Waals surface area (Å²) < 4.78 is 2.17. The summed E-state index contributed by atoms with van der Waals surface area (Å²) in [5.74, 6) is 1.72. The van der Waals surface area contributed by atoms with Gasteiger partial charge in [-0.1, -0.05) is 97.9 Å². The second-order valence-electron chi connectivity index (χ2n) is 7.92. The zero-order valence-electron chi connectivity index (χ0n) is 19.1. The SMILES string of the molecule is CCn1ccnc1C(C)C.Cc1cccc(CCC=CCC[B]c2ccccc2)c1. The number of hydrogen-bond acceptors (Lipinski definition) is 1. The number of imidazole rings is 1. The summed E-state index contributed by atoms with van der Waals surface area (Å²) in [7, 11) is 2.30. The molecule has 0 unspecified atom stereocenters. The number of aromatic nitrogens is 2. The predicted molar refractivity (Wildman–Crippen MR) is 132 cm³/mol. The lowest BCUT2D eigenvalue weighted by atomic mass is 9.66. The first-order chi connectivity index (χ1) is 14.6. The molecule has 0 saturated carbocycles. The average molecular weight is 399 g/mol.